The highest BCUT2D eigenvalue weighted by molar-refractivity contribution is 7.99. The van der Waals surface area contributed by atoms with Gasteiger partial charge in [0.25, 0.3) is 6.43 Å². The molecule has 0 radical (unpaired) electrons. The molecule has 0 bridgehead atoms. The summed E-state index contributed by atoms with van der Waals surface area (Å²) in [4.78, 5) is 14.3. The summed E-state index contributed by atoms with van der Waals surface area (Å²) in [6.45, 7) is 3.86. The van der Waals surface area contributed by atoms with Crippen LogP contribution in [0.4, 0.5) is 14.5 Å². The Labute approximate surface area is 160 Å². The van der Waals surface area contributed by atoms with Crippen molar-refractivity contribution >= 4 is 23.4 Å². The highest BCUT2D eigenvalue weighted by atomic mass is 32.2. The first-order valence-electron chi connectivity index (χ1n) is 8.52. The summed E-state index contributed by atoms with van der Waals surface area (Å²) in [6.07, 6.45) is -2.52. The summed E-state index contributed by atoms with van der Waals surface area (Å²) in [7, 11) is 1.87. The van der Waals surface area contributed by atoms with Crippen LogP contribution in [0.1, 0.15) is 17.8 Å². The molecule has 2 heterocycles. The monoisotopic (exact) mass is 397 g/mol. The summed E-state index contributed by atoms with van der Waals surface area (Å²) < 4.78 is 32.3. The van der Waals surface area contributed by atoms with Crippen molar-refractivity contribution in [3.05, 3.63) is 35.7 Å². The Morgan fingerprint density at radius 2 is 1.96 bits per heavy atom. The largest absolute Gasteiger partial charge is 0.379 e. The van der Waals surface area contributed by atoms with Crippen LogP contribution >= 0.6 is 11.8 Å². The molecule has 0 aliphatic carbocycles. The third kappa shape index (κ3) is 5.47. The number of rotatable bonds is 7. The van der Waals surface area contributed by atoms with E-state index in [4.69, 9.17) is 4.74 Å². The molecule has 2 aromatic rings. The van der Waals surface area contributed by atoms with Gasteiger partial charge in [0.1, 0.15) is 5.82 Å². The number of hydrogen-bond acceptors (Lipinski definition) is 6. The number of carbonyl (C=O) groups excluding carboxylic acids is 1. The Morgan fingerprint density at radius 3 is 2.63 bits per heavy atom. The lowest BCUT2D eigenvalue weighted by molar-refractivity contribution is -0.113. The number of anilines is 1. The topological polar surface area (TPSA) is 72.3 Å². The minimum Gasteiger partial charge on any atom is -0.379 e. The summed E-state index contributed by atoms with van der Waals surface area (Å²) in [5.41, 5.74) is 0.408. The molecule has 1 amide bonds. The maximum absolute atomic E-state index is 12.5. The van der Waals surface area contributed by atoms with E-state index < -0.39 is 6.43 Å². The third-order valence-corrected chi connectivity index (χ3v) is 5.19. The Morgan fingerprint density at radius 1 is 1.26 bits per heavy atom. The summed E-state index contributed by atoms with van der Waals surface area (Å²) >= 11 is 1.28. The van der Waals surface area contributed by atoms with Crippen molar-refractivity contribution in [2.45, 2.75) is 18.1 Å². The molecule has 1 aromatic heterocycles. The summed E-state index contributed by atoms with van der Waals surface area (Å²) in [6, 6.07) is 5.53. The van der Waals surface area contributed by atoms with Gasteiger partial charge in [0.2, 0.25) is 5.91 Å². The van der Waals surface area contributed by atoms with Gasteiger partial charge in [-0.3, -0.25) is 9.69 Å². The number of nitrogens with one attached hydrogen (secondary N) is 1. The van der Waals surface area contributed by atoms with E-state index in [-0.39, 0.29) is 17.2 Å². The quantitative estimate of drug-likeness (QED) is 0.723. The second kappa shape index (κ2) is 9.25. The first-order chi connectivity index (χ1) is 13.0. The van der Waals surface area contributed by atoms with Crippen LogP contribution in [0.3, 0.4) is 0 Å². The van der Waals surface area contributed by atoms with Crippen LogP contribution in [0.2, 0.25) is 0 Å². The smallest absolute Gasteiger partial charge is 0.263 e. The van der Waals surface area contributed by atoms with Crippen molar-refractivity contribution < 1.29 is 18.3 Å². The summed E-state index contributed by atoms with van der Waals surface area (Å²) in [5.74, 6) is 0.755. The fraction of sp³-hybridized carbons (Fsp3) is 0.471. The Hall–Kier alpha value is -2.04. The van der Waals surface area contributed by atoms with Crippen LogP contribution in [0.25, 0.3) is 0 Å². The number of morpholine rings is 1. The molecule has 1 saturated heterocycles. The molecular formula is C17H21F2N5O2S. The molecule has 3 rings (SSSR count). The number of aromatic nitrogens is 3. The zero-order chi connectivity index (χ0) is 19.2. The van der Waals surface area contributed by atoms with E-state index in [0.29, 0.717) is 17.4 Å². The zero-order valence-electron chi connectivity index (χ0n) is 14.9. The molecule has 10 heteroatoms. The highest BCUT2D eigenvalue weighted by Gasteiger charge is 2.16. The van der Waals surface area contributed by atoms with Crippen molar-refractivity contribution in [1.82, 2.24) is 19.7 Å². The number of carbonyl (C=O) groups is 1. The molecule has 7 nitrogen and oxygen atoms in total. The minimum absolute atomic E-state index is 0.0748. The van der Waals surface area contributed by atoms with E-state index in [1.165, 1.54) is 36.0 Å². The molecule has 0 spiro atoms. The number of alkyl halides is 2. The molecule has 1 aliphatic rings. The molecule has 0 unspecified atom stereocenters. The normalized spacial score (nSPS) is 15.3. The van der Waals surface area contributed by atoms with Crippen molar-refractivity contribution in [3.63, 3.8) is 0 Å². The second-order valence-electron chi connectivity index (χ2n) is 6.11. The van der Waals surface area contributed by atoms with Crippen molar-refractivity contribution in [1.29, 1.82) is 0 Å². The Kier molecular flexibility index (Phi) is 6.75. The highest BCUT2D eigenvalue weighted by Crippen LogP contribution is 2.21. The lowest BCUT2D eigenvalue weighted by atomic mass is 10.2. The molecule has 0 atom stereocenters. The van der Waals surface area contributed by atoms with Gasteiger partial charge < -0.3 is 14.6 Å². The van der Waals surface area contributed by atoms with Gasteiger partial charge in [0.15, 0.2) is 5.16 Å². The average molecular weight is 397 g/mol. The van der Waals surface area contributed by atoms with Gasteiger partial charge in [-0.15, -0.1) is 10.2 Å². The number of hydrogen-bond donors (Lipinski definition) is 1. The number of amides is 1. The van der Waals surface area contributed by atoms with Crippen molar-refractivity contribution in [2.75, 3.05) is 37.4 Å². The van der Waals surface area contributed by atoms with Gasteiger partial charge in [0.05, 0.1) is 25.5 Å². The Balaban J connectivity index is 1.49. The van der Waals surface area contributed by atoms with E-state index in [2.05, 4.69) is 20.4 Å². The van der Waals surface area contributed by atoms with Gasteiger partial charge in [-0.25, -0.2) is 8.78 Å². The third-order valence-electron chi connectivity index (χ3n) is 4.17. The molecule has 27 heavy (non-hydrogen) atoms. The van der Waals surface area contributed by atoms with Crippen LogP contribution in [0.15, 0.2) is 29.4 Å². The maximum Gasteiger partial charge on any atom is 0.263 e. The first-order valence-corrected chi connectivity index (χ1v) is 9.50. The first kappa shape index (κ1) is 19.7. The van der Waals surface area contributed by atoms with E-state index in [9.17, 15) is 13.6 Å². The SMILES string of the molecule is Cn1c(CN2CCOCC2)nnc1SCC(=O)Nc1ccc(C(F)F)cc1. The number of ether oxygens (including phenoxy) is 1. The maximum atomic E-state index is 12.5. The summed E-state index contributed by atoms with van der Waals surface area (Å²) in [5, 5.41) is 11.7. The van der Waals surface area contributed by atoms with E-state index in [0.717, 1.165) is 32.1 Å². The second-order valence-corrected chi connectivity index (χ2v) is 7.05. The standard InChI is InChI=1S/C17H21F2N5O2S/c1-23-14(10-24-6-8-26-9-7-24)21-22-17(23)27-11-15(25)20-13-4-2-12(3-5-13)16(18)19/h2-5,16H,6-11H2,1H3,(H,20,25). The van der Waals surface area contributed by atoms with Crippen LogP contribution in [-0.2, 0) is 23.1 Å². The predicted molar refractivity (Wildman–Crippen MR) is 97.9 cm³/mol. The molecule has 1 fully saturated rings. The lowest BCUT2D eigenvalue weighted by Crippen LogP contribution is -2.36. The number of halogens is 2. The van der Waals surface area contributed by atoms with E-state index >= 15 is 0 Å². The predicted octanol–water partition coefficient (Wildman–Crippen LogP) is 2.32. The lowest BCUT2D eigenvalue weighted by Gasteiger charge is -2.25. The van der Waals surface area contributed by atoms with Crippen LogP contribution in [-0.4, -0.2) is 57.6 Å². The zero-order valence-corrected chi connectivity index (χ0v) is 15.7. The molecular weight excluding hydrogens is 376 g/mol. The van der Waals surface area contributed by atoms with Crippen LogP contribution < -0.4 is 5.32 Å². The molecule has 1 aromatic carbocycles. The van der Waals surface area contributed by atoms with Crippen LogP contribution in [0.5, 0.6) is 0 Å². The van der Waals surface area contributed by atoms with Gasteiger partial charge in [-0.05, 0) is 12.1 Å². The molecule has 0 saturated carbocycles. The van der Waals surface area contributed by atoms with Gasteiger partial charge in [-0.2, -0.15) is 0 Å². The Bertz CT molecular complexity index is 763. The van der Waals surface area contributed by atoms with Gasteiger partial charge in [-0.1, -0.05) is 23.9 Å². The van der Waals surface area contributed by atoms with Crippen molar-refractivity contribution in [2.24, 2.45) is 7.05 Å². The van der Waals surface area contributed by atoms with E-state index in [1.54, 1.807) is 0 Å². The average Bonchev–Trinajstić information content (AvgIpc) is 3.01. The van der Waals surface area contributed by atoms with Gasteiger partial charge in [0, 0.05) is 31.4 Å². The molecule has 1 N–H and O–H groups in total. The number of nitrogens with zero attached hydrogens (tertiary/aromatic N) is 4. The van der Waals surface area contributed by atoms with Crippen LogP contribution in [0, 0.1) is 0 Å². The van der Waals surface area contributed by atoms with E-state index in [1.807, 2.05) is 11.6 Å². The van der Waals surface area contributed by atoms with Crippen molar-refractivity contribution in [3.8, 4) is 0 Å². The van der Waals surface area contributed by atoms with Gasteiger partial charge >= 0.3 is 0 Å². The number of benzene rings is 1. The number of thioether (sulfide) groups is 1. The molecule has 1 aliphatic heterocycles. The minimum atomic E-state index is -2.52. The molecule has 146 valence electrons. The fourth-order valence-corrected chi connectivity index (χ4v) is 3.34. The fourth-order valence-electron chi connectivity index (χ4n) is 2.61.